The van der Waals surface area contributed by atoms with Crippen LogP contribution in [0.2, 0.25) is 0 Å². The van der Waals surface area contributed by atoms with Gasteiger partial charge in [0.05, 0.1) is 0 Å². The Hall–Kier alpha value is -1.22. The molecule has 0 bridgehead atoms. The lowest BCUT2D eigenvalue weighted by molar-refractivity contribution is -0.148. The summed E-state index contributed by atoms with van der Waals surface area (Å²) in [6.45, 7) is 9.53. The summed E-state index contributed by atoms with van der Waals surface area (Å²) in [7, 11) is 0. The highest BCUT2D eigenvalue weighted by atomic mass is 16.6. The van der Waals surface area contributed by atoms with Crippen LogP contribution in [-0.2, 0) is 5.41 Å². The van der Waals surface area contributed by atoms with E-state index in [-0.39, 0.29) is 5.41 Å². The van der Waals surface area contributed by atoms with Crippen LogP contribution in [0.5, 0.6) is 11.5 Å². The van der Waals surface area contributed by atoms with E-state index in [9.17, 15) is 10.2 Å². The largest absolute Gasteiger partial charge is 0.507 e. The predicted octanol–water partition coefficient (Wildman–Crippen LogP) is 2.78. The number of fused-ring (bicyclic) bond motifs is 1. The number of aliphatic hydroxyl groups is 1. The molecule has 0 amide bonds. The van der Waals surface area contributed by atoms with Crippen LogP contribution in [0.1, 0.15) is 43.9 Å². The molecule has 0 aromatic heterocycles. The summed E-state index contributed by atoms with van der Waals surface area (Å²) in [6, 6.07) is 1.80. The number of benzene rings is 1. The number of aromatic hydroxyl groups is 1. The minimum absolute atomic E-state index is 0.216. The maximum absolute atomic E-state index is 10.1. The predicted molar refractivity (Wildman–Crippen MR) is 66.5 cm³/mol. The number of rotatable bonds is 0. The van der Waals surface area contributed by atoms with Crippen LogP contribution in [0.4, 0.5) is 0 Å². The van der Waals surface area contributed by atoms with Gasteiger partial charge in [0, 0.05) is 18.9 Å². The average Bonchev–Trinajstić information content (AvgIpc) is 2.09. The van der Waals surface area contributed by atoms with Crippen LogP contribution >= 0.6 is 0 Å². The zero-order chi connectivity index (χ0) is 13.0. The van der Waals surface area contributed by atoms with Gasteiger partial charge in [-0.3, -0.25) is 0 Å². The molecule has 2 N–H and O–H groups in total. The highest BCUT2D eigenvalue weighted by Crippen LogP contribution is 2.48. The van der Waals surface area contributed by atoms with Crippen LogP contribution < -0.4 is 4.74 Å². The van der Waals surface area contributed by atoms with Gasteiger partial charge in [-0.05, 0) is 36.5 Å². The van der Waals surface area contributed by atoms with Crippen LogP contribution in [0.15, 0.2) is 6.07 Å². The maximum Gasteiger partial charge on any atom is 0.206 e. The Morgan fingerprint density at radius 3 is 2.41 bits per heavy atom. The SMILES string of the molecule is Cc1cc2c(c(C)c1O)C(C)(C)CC(C)(O)O2. The second kappa shape index (κ2) is 3.39. The minimum Gasteiger partial charge on any atom is -0.507 e. The molecule has 1 aromatic carbocycles. The van der Waals surface area contributed by atoms with Crippen molar-refractivity contribution in [2.24, 2.45) is 0 Å². The lowest BCUT2D eigenvalue weighted by Gasteiger charge is -2.42. The summed E-state index contributed by atoms with van der Waals surface area (Å²) in [4.78, 5) is 0. The van der Waals surface area contributed by atoms with Crippen molar-refractivity contribution in [3.63, 3.8) is 0 Å². The quantitative estimate of drug-likeness (QED) is 0.728. The van der Waals surface area contributed by atoms with E-state index in [0.29, 0.717) is 17.9 Å². The third kappa shape index (κ3) is 1.89. The summed E-state index contributed by atoms with van der Waals surface area (Å²) >= 11 is 0. The molecule has 0 fully saturated rings. The Bertz CT molecular complexity index is 473. The number of hydrogen-bond donors (Lipinski definition) is 2. The van der Waals surface area contributed by atoms with Gasteiger partial charge in [0.15, 0.2) is 0 Å². The van der Waals surface area contributed by atoms with Crippen LogP contribution in [-0.4, -0.2) is 16.0 Å². The van der Waals surface area contributed by atoms with Crippen molar-refractivity contribution in [3.05, 3.63) is 22.8 Å². The first-order chi connectivity index (χ1) is 7.64. The molecular weight excluding hydrogens is 216 g/mol. The van der Waals surface area contributed by atoms with E-state index in [2.05, 4.69) is 13.8 Å². The number of phenols is 1. The van der Waals surface area contributed by atoms with Crippen molar-refractivity contribution < 1.29 is 14.9 Å². The van der Waals surface area contributed by atoms with Gasteiger partial charge < -0.3 is 14.9 Å². The normalized spacial score (nSPS) is 26.2. The third-order valence-corrected chi connectivity index (χ3v) is 3.47. The molecule has 1 aliphatic heterocycles. The molecule has 0 saturated heterocycles. The molecule has 0 aliphatic carbocycles. The zero-order valence-electron chi connectivity index (χ0n) is 11.1. The molecule has 2 rings (SSSR count). The summed E-state index contributed by atoms with van der Waals surface area (Å²) in [5.74, 6) is -0.146. The van der Waals surface area contributed by atoms with Gasteiger partial charge in [0.1, 0.15) is 11.5 Å². The molecule has 3 nitrogen and oxygen atoms in total. The molecule has 17 heavy (non-hydrogen) atoms. The molecule has 1 heterocycles. The van der Waals surface area contributed by atoms with E-state index in [1.165, 1.54) is 0 Å². The highest BCUT2D eigenvalue weighted by molar-refractivity contribution is 5.56. The van der Waals surface area contributed by atoms with Gasteiger partial charge in [0.25, 0.3) is 0 Å². The van der Waals surface area contributed by atoms with Crippen molar-refractivity contribution in [2.75, 3.05) is 0 Å². The first kappa shape index (κ1) is 12.2. The molecule has 0 spiro atoms. The molecule has 3 heteroatoms. The summed E-state index contributed by atoms with van der Waals surface area (Å²) in [5, 5.41) is 20.1. The Morgan fingerprint density at radius 2 is 1.82 bits per heavy atom. The van der Waals surface area contributed by atoms with Gasteiger partial charge in [0.2, 0.25) is 5.79 Å². The van der Waals surface area contributed by atoms with Crippen molar-refractivity contribution >= 4 is 0 Å². The number of hydrogen-bond acceptors (Lipinski definition) is 3. The van der Waals surface area contributed by atoms with Gasteiger partial charge >= 0.3 is 0 Å². The van der Waals surface area contributed by atoms with E-state index in [1.54, 1.807) is 13.0 Å². The van der Waals surface area contributed by atoms with Crippen molar-refractivity contribution in [1.29, 1.82) is 0 Å². The highest BCUT2D eigenvalue weighted by Gasteiger charge is 2.42. The molecule has 0 saturated carbocycles. The number of aryl methyl sites for hydroxylation is 1. The Kier molecular flexibility index (Phi) is 2.44. The first-order valence-electron chi connectivity index (χ1n) is 5.89. The molecule has 1 aliphatic rings. The van der Waals surface area contributed by atoms with Crippen LogP contribution in [0.3, 0.4) is 0 Å². The lowest BCUT2D eigenvalue weighted by atomic mass is 9.74. The minimum atomic E-state index is -1.15. The number of ether oxygens (including phenoxy) is 1. The topological polar surface area (TPSA) is 49.7 Å². The second-order valence-corrected chi connectivity index (χ2v) is 5.88. The Morgan fingerprint density at radius 1 is 1.24 bits per heavy atom. The smallest absolute Gasteiger partial charge is 0.206 e. The lowest BCUT2D eigenvalue weighted by Crippen LogP contribution is -2.44. The summed E-state index contributed by atoms with van der Waals surface area (Å²) in [5.41, 5.74) is 2.40. The summed E-state index contributed by atoms with van der Waals surface area (Å²) in [6.07, 6.45) is 0.510. The van der Waals surface area contributed by atoms with Gasteiger partial charge in [-0.15, -0.1) is 0 Å². The molecular formula is C14H20O3. The molecule has 1 unspecified atom stereocenters. The molecule has 1 atom stereocenters. The first-order valence-corrected chi connectivity index (χ1v) is 5.89. The number of phenolic OH excluding ortho intramolecular Hbond substituents is 1. The van der Waals surface area contributed by atoms with Crippen molar-refractivity contribution in [2.45, 2.75) is 52.2 Å². The molecule has 0 radical (unpaired) electrons. The van der Waals surface area contributed by atoms with Crippen molar-refractivity contribution in [3.8, 4) is 11.5 Å². The fourth-order valence-corrected chi connectivity index (χ4v) is 3.04. The fraction of sp³-hybridized carbons (Fsp3) is 0.571. The molecule has 1 aromatic rings. The fourth-order valence-electron chi connectivity index (χ4n) is 3.04. The van der Waals surface area contributed by atoms with E-state index in [1.807, 2.05) is 13.8 Å². The Labute approximate surface area is 102 Å². The maximum atomic E-state index is 10.1. The van der Waals surface area contributed by atoms with Gasteiger partial charge in [-0.2, -0.15) is 0 Å². The van der Waals surface area contributed by atoms with Crippen molar-refractivity contribution in [1.82, 2.24) is 0 Å². The average molecular weight is 236 g/mol. The summed E-state index contributed by atoms with van der Waals surface area (Å²) < 4.78 is 5.62. The van der Waals surface area contributed by atoms with E-state index >= 15 is 0 Å². The third-order valence-electron chi connectivity index (χ3n) is 3.47. The van der Waals surface area contributed by atoms with E-state index in [4.69, 9.17) is 4.74 Å². The van der Waals surface area contributed by atoms with Gasteiger partial charge in [-0.1, -0.05) is 13.8 Å². The molecule has 94 valence electrons. The Balaban J connectivity index is 2.71. The standard InChI is InChI=1S/C14H20O3/c1-8-6-10-11(9(2)12(8)15)13(3,4)7-14(5,16)17-10/h6,15-16H,7H2,1-5H3. The van der Waals surface area contributed by atoms with E-state index in [0.717, 1.165) is 16.7 Å². The second-order valence-electron chi connectivity index (χ2n) is 5.88. The van der Waals surface area contributed by atoms with Gasteiger partial charge in [-0.25, -0.2) is 0 Å². The van der Waals surface area contributed by atoms with E-state index < -0.39 is 5.79 Å². The van der Waals surface area contributed by atoms with Crippen LogP contribution in [0.25, 0.3) is 0 Å². The van der Waals surface area contributed by atoms with Crippen LogP contribution in [0, 0.1) is 13.8 Å². The zero-order valence-corrected chi connectivity index (χ0v) is 11.1. The monoisotopic (exact) mass is 236 g/mol.